The topological polar surface area (TPSA) is 22.1 Å². The molecule has 1 aromatic heterocycles. The van der Waals surface area contributed by atoms with Crippen molar-refractivity contribution in [3.63, 3.8) is 0 Å². The Bertz CT molecular complexity index is 659. The number of hydrogen-bond acceptors (Lipinski definition) is 2. The highest BCUT2D eigenvalue weighted by Gasteiger charge is 2.28. The highest BCUT2D eigenvalue weighted by molar-refractivity contribution is 5.70. The molecule has 0 aliphatic carbocycles. The molecule has 2 rings (SSSR count). The highest BCUT2D eigenvalue weighted by atomic mass is 19.2. The molecular weight excluding hydrogens is 288 g/mol. The van der Waals surface area contributed by atoms with Crippen LogP contribution in [0.25, 0.3) is 11.1 Å². The summed E-state index contributed by atoms with van der Waals surface area (Å²) >= 11 is 0. The molecule has 1 heterocycles. The molecule has 1 aromatic carbocycles. The van der Waals surface area contributed by atoms with Crippen LogP contribution in [0.1, 0.15) is 0 Å². The van der Waals surface area contributed by atoms with Gasteiger partial charge in [-0.25, -0.2) is 31.3 Å². The fourth-order valence-electron chi connectivity index (χ4n) is 1.61. The molecule has 20 heavy (non-hydrogen) atoms. The van der Waals surface area contributed by atoms with Crippen molar-refractivity contribution in [3.05, 3.63) is 47.2 Å². The summed E-state index contributed by atoms with van der Waals surface area (Å²) in [6.07, 6.45) is 0.675. The average Bonchev–Trinajstić information content (AvgIpc) is 2.43. The minimum absolute atomic E-state index is 0.477. The van der Waals surface area contributed by atoms with Gasteiger partial charge in [0.15, 0.2) is 23.3 Å². The smallest absolute Gasteiger partial charge is 0.221 e. The van der Waals surface area contributed by atoms with E-state index in [0.717, 1.165) is 7.11 Å². The van der Waals surface area contributed by atoms with Crippen molar-refractivity contribution >= 4 is 0 Å². The summed E-state index contributed by atoms with van der Waals surface area (Å²) in [5.74, 6) is -12.2. The van der Waals surface area contributed by atoms with Crippen LogP contribution in [0, 0.1) is 34.9 Å². The molecule has 2 nitrogen and oxygen atoms in total. The van der Waals surface area contributed by atoms with E-state index in [1.54, 1.807) is 0 Å². The van der Waals surface area contributed by atoms with Gasteiger partial charge in [0.1, 0.15) is 5.82 Å². The van der Waals surface area contributed by atoms with E-state index in [1.807, 2.05) is 0 Å². The molecule has 0 amide bonds. The molecule has 0 saturated heterocycles. The van der Waals surface area contributed by atoms with Gasteiger partial charge >= 0.3 is 0 Å². The highest BCUT2D eigenvalue weighted by Crippen LogP contribution is 2.35. The SMILES string of the molecule is COc1ncc(F)cc1-c1c(F)c(F)c(F)c(F)c1F. The third-order valence-corrected chi connectivity index (χ3v) is 2.49. The number of ether oxygens (including phenoxy) is 1. The van der Waals surface area contributed by atoms with Gasteiger partial charge in [0.2, 0.25) is 11.7 Å². The van der Waals surface area contributed by atoms with E-state index in [2.05, 4.69) is 9.72 Å². The summed E-state index contributed by atoms with van der Waals surface area (Å²) in [7, 11) is 1.05. The van der Waals surface area contributed by atoms with E-state index in [0.29, 0.717) is 12.3 Å². The first-order valence-corrected chi connectivity index (χ1v) is 5.09. The Morgan fingerprint density at radius 3 is 1.85 bits per heavy atom. The van der Waals surface area contributed by atoms with Gasteiger partial charge in [-0.15, -0.1) is 0 Å². The normalized spacial score (nSPS) is 10.8. The van der Waals surface area contributed by atoms with Crippen molar-refractivity contribution in [3.8, 4) is 17.0 Å². The van der Waals surface area contributed by atoms with Gasteiger partial charge < -0.3 is 4.74 Å². The van der Waals surface area contributed by atoms with Crippen molar-refractivity contribution in [2.45, 2.75) is 0 Å². The molecule has 0 saturated carbocycles. The van der Waals surface area contributed by atoms with Gasteiger partial charge in [0.05, 0.1) is 24.4 Å². The number of methoxy groups -OCH3 is 1. The zero-order valence-electron chi connectivity index (χ0n) is 9.78. The quantitative estimate of drug-likeness (QED) is 0.479. The van der Waals surface area contributed by atoms with Crippen molar-refractivity contribution < 1.29 is 31.1 Å². The van der Waals surface area contributed by atoms with Crippen LogP contribution in [0.4, 0.5) is 26.3 Å². The second kappa shape index (κ2) is 5.03. The number of nitrogens with zero attached hydrogens (tertiary/aromatic N) is 1. The summed E-state index contributed by atoms with van der Waals surface area (Å²) in [6.45, 7) is 0. The number of rotatable bonds is 2. The van der Waals surface area contributed by atoms with E-state index in [-0.39, 0.29) is 0 Å². The predicted molar refractivity (Wildman–Crippen MR) is 56.0 cm³/mol. The molecule has 2 aromatic rings. The molecule has 0 aliphatic rings. The van der Waals surface area contributed by atoms with Crippen molar-refractivity contribution in [1.82, 2.24) is 4.98 Å². The van der Waals surface area contributed by atoms with Gasteiger partial charge in [-0.1, -0.05) is 0 Å². The second-order valence-corrected chi connectivity index (χ2v) is 3.66. The maximum atomic E-state index is 13.6. The molecular formula is C12H5F6NO. The summed E-state index contributed by atoms with van der Waals surface area (Å²) in [5.41, 5.74) is -1.98. The molecule has 106 valence electrons. The zero-order valence-corrected chi connectivity index (χ0v) is 9.78. The summed E-state index contributed by atoms with van der Waals surface area (Å²) in [4.78, 5) is 3.37. The van der Waals surface area contributed by atoms with E-state index in [1.165, 1.54) is 0 Å². The minimum atomic E-state index is -2.30. The first-order valence-electron chi connectivity index (χ1n) is 5.09. The molecule has 0 radical (unpaired) electrons. The fourth-order valence-corrected chi connectivity index (χ4v) is 1.61. The van der Waals surface area contributed by atoms with Crippen LogP contribution < -0.4 is 4.74 Å². The van der Waals surface area contributed by atoms with Crippen molar-refractivity contribution in [2.24, 2.45) is 0 Å². The summed E-state index contributed by atoms with van der Waals surface area (Å²) in [6, 6.07) is 0.560. The lowest BCUT2D eigenvalue weighted by atomic mass is 10.0. The molecule has 0 spiro atoms. The number of benzene rings is 1. The largest absolute Gasteiger partial charge is 0.481 e. The molecule has 0 unspecified atom stereocenters. The van der Waals surface area contributed by atoms with Gasteiger partial charge in [-0.2, -0.15) is 0 Å². The van der Waals surface area contributed by atoms with Crippen LogP contribution in [0.5, 0.6) is 5.88 Å². The van der Waals surface area contributed by atoms with Crippen LogP contribution in [0.15, 0.2) is 12.3 Å². The first-order chi connectivity index (χ1) is 9.38. The first kappa shape index (κ1) is 14.2. The Morgan fingerprint density at radius 2 is 1.35 bits per heavy atom. The monoisotopic (exact) mass is 293 g/mol. The second-order valence-electron chi connectivity index (χ2n) is 3.66. The third-order valence-electron chi connectivity index (χ3n) is 2.49. The fraction of sp³-hybridized carbons (Fsp3) is 0.0833. The number of pyridine rings is 1. The Labute approximate surface area is 108 Å². The Morgan fingerprint density at radius 1 is 0.850 bits per heavy atom. The van der Waals surface area contributed by atoms with Gasteiger partial charge in [0.25, 0.3) is 0 Å². The van der Waals surface area contributed by atoms with Crippen molar-refractivity contribution in [2.75, 3.05) is 7.11 Å². The van der Waals surface area contributed by atoms with Crippen LogP contribution in [-0.4, -0.2) is 12.1 Å². The maximum absolute atomic E-state index is 13.6. The van der Waals surface area contributed by atoms with E-state index in [9.17, 15) is 26.3 Å². The number of hydrogen-bond donors (Lipinski definition) is 0. The average molecular weight is 293 g/mol. The van der Waals surface area contributed by atoms with Gasteiger partial charge in [0, 0.05) is 0 Å². The summed E-state index contributed by atoms with van der Waals surface area (Å²) < 4.78 is 84.1. The van der Waals surface area contributed by atoms with Gasteiger partial charge in [-0.05, 0) is 6.07 Å². The van der Waals surface area contributed by atoms with Crippen LogP contribution in [0.2, 0.25) is 0 Å². The minimum Gasteiger partial charge on any atom is -0.481 e. The molecule has 0 bridgehead atoms. The van der Waals surface area contributed by atoms with E-state index < -0.39 is 51.9 Å². The van der Waals surface area contributed by atoms with E-state index >= 15 is 0 Å². The lowest BCUT2D eigenvalue weighted by Crippen LogP contribution is -2.05. The van der Waals surface area contributed by atoms with Crippen LogP contribution >= 0.6 is 0 Å². The summed E-state index contributed by atoms with van der Waals surface area (Å²) in [5, 5.41) is 0. The van der Waals surface area contributed by atoms with Crippen LogP contribution in [0.3, 0.4) is 0 Å². The standard InChI is InChI=1S/C12H5F6NO/c1-20-12-5(2-4(13)3-19-12)6-7(14)9(16)11(18)10(17)8(6)15/h2-3H,1H3. The van der Waals surface area contributed by atoms with Crippen LogP contribution in [-0.2, 0) is 0 Å². The third kappa shape index (κ3) is 2.06. The molecule has 8 heteroatoms. The Hall–Kier alpha value is -2.25. The van der Waals surface area contributed by atoms with Crippen molar-refractivity contribution in [1.29, 1.82) is 0 Å². The molecule has 0 fully saturated rings. The van der Waals surface area contributed by atoms with Gasteiger partial charge in [-0.3, -0.25) is 0 Å². The Kier molecular flexibility index (Phi) is 3.56. The lowest BCUT2D eigenvalue weighted by Gasteiger charge is -2.11. The predicted octanol–water partition coefficient (Wildman–Crippen LogP) is 3.59. The number of aromatic nitrogens is 1. The maximum Gasteiger partial charge on any atom is 0.221 e. The lowest BCUT2D eigenvalue weighted by molar-refractivity contribution is 0.377. The molecule has 0 aliphatic heterocycles. The molecule has 0 atom stereocenters. The van der Waals surface area contributed by atoms with E-state index in [4.69, 9.17) is 0 Å². The molecule has 0 N–H and O–H groups in total. The zero-order chi connectivity index (χ0) is 15.0. The Balaban J connectivity index is 2.86. The number of halogens is 6.